The Morgan fingerprint density at radius 3 is 2.35 bits per heavy atom. The largest absolute Gasteiger partial charge is 0.339 e. The molecule has 0 saturated heterocycles. The van der Waals surface area contributed by atoms with Gasteiger partial charge in [0.05, 0.1) is 5.69 Å². The molecule has 2 aromatic heterocycles. The van der Waals surface area contributed by atoms with E-state index in [1.54, 1.807) is 0 Å². The summed E-state index contributed by atoms with van der Waals surface area (Å²) >= 11 is 5.45. The molecule has 0 radical (unpaired) electrons. The second kappa shape index (κ2) is 6.54. The smallest absolute Gasteiger partial charge is 0.205 e. The SMILES string of the molecule is CCc1ccc(-c2cn3c(=S)ncc(-c4cc(C)cc(C)c4)c3[nH]2)cc1. The van der Waals surface area contributed by atoms with Crippen molar-refractivity contribution in [1.29, 1.82) is 0 Å². The number of aryl methyl sites for hydroxylation is 3. The molecule has 4 aromatic rings. The fourth-order valence-corrected chi connectivity index (χ4v) is 3.61. The van der Waals surface area contributed by atoms with Crippen LogP contribution in [-0.4, -0.2) is 14.4 Å². The Morgan fingerprint density at radius 1 is 1.00 bits per heavy atom. The molecule has 4 heteroatoms. The molecule has 0 bridgehead atoms. The van der Waals surface area contributed by atoms with Gasteiger partial charge in [-0.15, -0.1) is 0 Å². The highest BCUT2D eigenvalue weighted by molar-refractivity contribution is 7.71. The summed E-state index contributed by atoms with van der Waals surface area (Å²) in [6, 6.07) is 15.2. The summed E-state index contributed by atoms with van der Waals surface area (Å²) < 4.78 is 2.52. The van der Waals surface area contributed by atoms with E-state index in [4.69, 9.17) is 12.2 Å². The molecule has 130 valence electrons. The predicted octanol–water partition coefficient (Wildman–Crippen LogP) is 5.91. The van der Waals surface area contributed by atoms with Crippen LogP contribution in [0.2, 0.25) is 0 Å². The zero-order valence-electron chi connectivity index (χ0n) is 15.2. The van der Waals surface area contributed by atoms with Crippen molar-refractivity contribution in [1.82, 2.24) is 14.4 Å². The number of hydrogen-bond donors (Lipinski definition) is 1. The Labute approximate surface area is 158 Å². The van der Waals surface area contributed by atoms with Crippen LogP contribution in [0.5, 0.6) is 0 Å². The number of rotatable bonds is 3. The van der Waals surface area contributed by atoms with E-state index in [9.17, 15) is 0 Å². The quantitative estimate of drug-likeness (QED) is 0.462. The van der Waals surface area contributed by atoms with Crippen LogP contribution >= 0.6 is 12.2 Å². The molecular weight excluding hydrogens is 338 g/mol. The van der Waals surface area contributed by atoms with E-state index in [1.807, 2.05) is 16.8 Å². The first-order chi connectivity index (χ1) is 12.5. The van der Waals surface area contributed by atoms with Crippen LogP contribution in [0.3, 0.4) is 0 Å². The average molecular weight is 359 g/mol. The number of H-pyrrole nitrogens is 1. The molecule has 0 saturated carbocycles. The molecular formula is C22H21N3S. The fourth-order valence-electron chi connectivity index (χ4n) is 3.41. The number of imidazole rings is 1. The van der Waals surface area contributed by atoms with E-state index >= 15 is 0 Å². The topological polar surface area (TPSA) is 33.1 Å². The minimum Gasteiger partial charge on any atom is -0.339 e. The monoisotopic (exact) mass is 359 g/mol. The molecule has 3 nitrogen and oxygen atoms in total. The van der Waals surface area contributed by atoms with Crippen LogP contribution in [0.15, 0.2) is 54.9 Å². The van der Waals surface area contributed by atoms with Gasteiger partial charge in [-0.25, -0.2) is 4.98 Å². The summed E-state index contributed by atoms with van der Waals surface area (Å²) in [7, 11) is 0. The summed E-state index contributed by atoms with van der Waals surface area (Å²) in [4.78, 5) is 7.99. The first-order valence-electron chi connectivity index (χ1n) is 8.83. The zero-order chi connectivity index (χ0) is 18.3. The lowest BCUT2D eigenvalue weighted by Gasteiger charge is -2.07. The summed E-state index contributed by atoms with van der Waals surface area (Å²) in [6.07, 6.45) is 4.95. The molecule has 26 heavy (non-hydrogen) atoms. The first kappa shape index (κ1) is 16.7. The highest BCUT2D eigenvalue weighted by atomic mass is 32.1. The van der Waals surface area contributed by atoms with E-state index in [-0.39, 0.29) is 0 Å². The maximum atomic E-state index is 5.45. The lowest BCUT2D eigenvalue weighted by molar-refractivity contribution is 1.06. The molecule has 2 heterocycles. The van der Waals surface area contributed by atoms with Crippen molar-refractivity contribution in [3.63, 3.8) is 0 Å². The van der Waals surface area contributed by atoms with Crippen LogP contribution in [0.25, 0.3) is 28.0 Å². The van der Waals surface area contributed by atoms with E-state index in [0.29, 0.717) is 4.77 Å². The summed E-state index contributed by atoms with van der Waals surface area (Å²) in [5.41, 5.74) is 9.18. The van der Waals surface area contributed by atoms with Crippen LogP contribution in [-0.2, 0) is 6.42 Å². The second-order valence-electron chi connectivity index (χ2n) is 6.77. The second-order valence-corrected chi connectivity index (χ2v) is 7.13. The lowest BCUT2D eigenvalue weighted by Crippen LogP contribution is -1.93. The van der Waals surface area contributed by atoms with Gasteiger partial charge in [0.25, 0.3) is 0 Å². The van der Waals surface area contributed by atoms with Gasteiger partial charge in [-0.2, -0.15) is 0 Å². The zero-order valence-corrected chi connectivity index (χ0v) is 16.0. The van der Waals surface area contributed by atoms with Gasteiger partial charge in [0.1, 0.15) is 5.65 Å². The van der Waals surface area contributed by atoms with Crippen molar-refractivity contribution < 1.29 is 0 Å². The summed E-state index contributed by atoms with van der Waals surface area (Å²) in [5.74, 6) is 0. The normalized spacial score (nSPS) is 11.2. The van der Waals surface area contributed by atoms with Gasteiger partial charge in [0.15, 0.2) is 0 Å². The molecule has 0 amide bonds. The lowest BCUT2D eigenvalue weighted by atomic mass is 10.0. The molecule has 0 unspecified atom stereocenters. The number of hydrogen-bond acceptors (Lipinski definition) is 2. The van der Waals surface area contributed by atoms with Crippen molar-refractivity contribution >= 4 is 17.9 Å². The number of nitrogens with zero attached hydrogens (tertiary/aromatic N) is 2. The first-order valence-corrected chi connectivity index (χ1v) is 9.24. The fraction of sp³-hybridized carbons (Fsp3) is 0.182. The summed E-state index contributed by atoms with van der Waals surface area (Å²) in [6.45, 7) is 6.40. The van der Waals surface area contributed by atoms with Gasteiger partial charge >= 0.3 is 0 Å². The van der Waals surface area contributed by atoms with E-state index in [1.165, 1.54) is 16.7 Å². The molecule has 4 rings (SSSR count). The Balaban J connectivity index is 1.91. The van der Waals surface area contributed by atoms with Gasteiger partial charge in [-0.05, 0) is 49.2 Å². The van der Waals surface area contributed by atoms with Crippen molar-refractivity contribution in [2.75, 3.05) is 0 Å². The molecule has 2 aromatic carbocycles. The minimum absolute atomic E-state index is 0.556. The standard InChI is InChI=1S/C22H21N3S/c1-4-16-5-7-17(8-6-16)20-13-25-21(24-20)19(12-23-22(25)26)18-10-14(2)9-15(3)11-18/h5-13,24H,4H2,1-3H3. The number of fused-ring (bicyclic) bond motifs is 1. The number of aromatic amines is 1. The van der Waals surface area contributed by atoms with E-state index in [0.717, 1.165) is 34.5 Å². The van der Waals surface area contributed by atoms with Crippen molar-refractivity contribution in [2.24, 2.45) is 0 Å². The Kier molecular flexibility index (Phi) is 4.21. The predicted molar refractivity (Wildman–Crippen MR) is 110 cm³/mol. The van der Waals surface area contributed by atoms with Gasteiger partial charge in [0.2, 0.25) is 4.77 Å². The molecule has 0 aliphatic rings. The highest BCUT2D eigenvalue weighted by Crippen LogP contribution is 2.28. The van der Waals surface area contributed by atoms with Crippen molar-refractivity contribution in [3.8, 4) is 22.4 Å². The molecule has 0 atom stereocenters. The Bertz CT molecular complexity index is 1130. The van der Waals surface area contributed by atoms with Crippen LogP contribution in [0.1, 0.15) is 23.6 Å². The highest BCUT2D eigenvalue weighted by Gasteiger charge is 2.11. The maximum Gasteiger partial charge on any atom is 0.205 e. The van der Waals surface area contributed by atoms with Crippen molar-refractivity contribution in [3.05, 3.63) is 76.3 Å². The number of benzene rings is 2. The third kappa shape index (κ3) is 2.97. The molecule has 0 aliphatic carbocycles. The molecule has 1 N–H and O–H groups in total. The van der Waals surface area contributed by atoms with Crippen molar-refractivity contribution in [2.45, 2.75) is 27.2 Å². The van der Waals surface area contributed by atoms with Crippen LogP contribution in [0, 0.1) is 18.6 Å². The van der Waals surface area contributed by atoms with Gasteiger partial charge < -0.3 is 4.98 Å². The Morgan fingerprint density at radius 2 is 1.69 bits per heavy atom. The van der Waals surface area contributed by atoms with E-state index < -0.39 is 0 Å². The summed E-state index contributed by atoms with van der Waals surface area (Å²) in [5, 5.41) is 0. The average Bonchev–Trinajstić information content (AvgIpc) is 3.07. The van der Waals surface area contributed by atoms with Crippen LogP contribution in [0.4, 0.5) is 0 Å². The van der Waals surface area contributed by atoms with Gasteiger partial charge in [-0.1, -0.05) is 60.5 Å². The number of aromatic nitrogens is 3. The molecule has 0 aliphatic heterocycles. The number of nitrogens with one attached hydrogen (secondary N) is 1. The third-order valence-corrected chi connectivity index (χ3v) is 5.03. The van der Waals surface area contributed by atoms with E-state index in [2.05, 4.69) is 73.2 Å². The molecule has 0 fully saturated rings. The third-order valence-electron chi connectivity index (χ3n) is 4.72. The molecule has 0 spiro atoms. The maximum absolute atomic E-state index is 5.45. The van der Waals surface area contributed by atoms with Crippen LogP contribution < -0.4 is 0 Å². The minimum atomic E-state index is 0.556. The van der Waals surface area contributed by atoms with Gasteiger partial charge in [0, 0.05) is 18.0 Å². The Hall–Kier alpha value is -2.72. The van der Waals surface area contributed by atoms with Gasteiger partial charge in [-0.3, -0.25) is 4.40 Å².